The highest BCUT2D eigenvalue weighted by Gasteiger charge is 2.17. The van der Waals surface area contributed by atoms with Crippen LogP contribution >= 0.6 is 11.6 Å². The summed E-state index contributed by atoms with van der Waals surface area (Å²) >= 11 is 5.70. The highest BCUT2D eigenvalue weighted by atomic mass is 35.5. The van der Waals surface area contributed by atoms with Crippen LogP contribution in [0.3, 0.4) is 0 Å². The lowest BCUT2D eigenvalue weighted by molar-refractivity contribution is -0.120. The van der Waals surface area contributed by atoms with Crippen LogP contribution in [0.4, 0.5) is 0 Å². The molecule has 0 spiro atoms. The second-order valence-electron chi connectivity index (χ2n) is 3.21. The van der Waals surface area contributed by atoms with Gasteiger partial charge in [-0.05, 0) is 12.1 Å². The van der Waals surface area contributed by atoms with Crippen LogP contribution in [0.15, 0.2) is 30.6 Å². The number of hydrogen-bond acceptors (Lipinski definition) is 2. The monoisotopic (exact) mass is 223 g/mol. The molecular weight excluding hydrogens is 214 g/mol. The Hall–Kier alpha value is -1.55. The van der Waals surface area contributed by atoms with E-state index in [1.54, 1.807) is 10.9 Å². The average Bonchev–Trinajstić information content (AvgIpc) is 2.63. The van der Waals surface area contributed by atoms with Gasteiger partial charge in [0.25, 0.3) is 0 Å². The minimum atomic E-state index is -0.543. The fraction of sp³-hybridized carbons (Fsp3) is 0.200. The van der Waals surface area contributed by atoms with Crippen LogP contribution in [0.25, 0.3) is 11.0 Å². The largest absolute Gasteiger partial charge is 0.368 e. The molecule has 1 unspecified atom stereocenters. The molecular formula is C10H10ClN3O. The molecule has 1 aromatic carbocycles. The van der Waals surface area contributed by atoms with Gasteiger partial charge < -0.3 is 10.3 Å². The van der Waals surface area contributed by atoms with Crippen molar-refractivity contribution in [2.24, 2.45) is 5.73 Å². The first kappa shape index (κ1) is 9.98. The molecule has 0 bridgehead atoms. The summed E-state index contributed by atoms with van der Waals surface area (Å²) in [5, 5.41) is 0. The second-order valence-corrected chi connectivity index (χ2v) is 3.52. The highest BCUT2D eigenvalue weighted by Crippen LogP contribution is 2.18. The Kier molecular flexibility index (Phi) is 2.60. The topological polar surface area (TPSA) is 60.9 Å². The van der Waals surface area contributed by atoms with Gasteiger partial charge in [-0.2, -0.15) is 0 Å². The summed E-state index contributed by atoms with van der Waals surface area (Å²) in [7, 11) is 0. The van der Waals surface area contributed by atoms with Crippen LogP contribution in [-0.4, -0.2) is 21.3 Å². The molecule has 1 atom stereocenters. The Balaban J connectivity index is 2.55. The summed E-state index contributed by atoms with van der Waals surface area (Å²) in [4.78, 5) is 15.3. The van der Waals surface area contributed by atoms with Crippen molar-refractivity contribution in [3.05, 3.63) is 30.6 Å². The third-order valence-electron chi connectivity index (χ3n) is 2.29. The minimum Gasteiger partial charge on any atom is -0.368 e. The standard InChI is InChI=1S/C10H10ClN3O/c11-5-9(10(12)15)14-6-13-7-3-1-2-4-8(7)14/h1-4,6,9H,5H2,(H2,12,15). The van der Waals surface area contributed by atoms with E-state index in [1.165, 1.54) is 0 Å². The molecule has 2 N–H and O–H groups in total. The Morgan fingerprint density at radius 2 is 2.27 bits per heavy atom. The molecule has 1 aromatic heterocycles. The van der Waals surface area contributed by atoms with Crippen LogP contribution in [0, 0.1) is 0 Å². The maximum atomic E-state index is 11.2. The van der Waals surface area contributed by atoms with Crippen LogP contribution < -0.4 is 5.73 Å². The quantitative estimate of drug-likeness (QED) is 0.798. The summed E-state index contributed by atoms with van der Waals surface area (Å²) in [6.07, 6.45) is 1.59. The van der Waals surface area contributed by atoms with Crippen LogP contribution in [0.5, 0.6) is 0 Å². The van der Waals surface area contributed by atoms with Gasteiger partial charge in [-0.15, -0.1) is 11.6 Å². The Morgan fingerprint density at radius 1 is 1.53 bits per heavy atom. The first-order chi connectivity index (χ1) is 7.24. The highest BCUT2D eigenvalue weighted by molar-refractivity contribution is 6.19. The number of carbonyl (C=O) groups is 1. The number of nitrogens with zero attached hydrogens (tertiary/aromatic N) is 2. The average molecular weight is 224 g/mol. The van der Waals surface area contributed by atoms with Gasteiger partial charge in [0.1, 0.15) is 6.04 Å². The molecule has 0 saturated carbocycles. The number of hydrogen-bond donors (Lipinski definition) is 1. The van der Waals surface area contributed by atoms with Gasteiger partial charge >= 0.3 is 0 Å². The van der Waals surface area contributed by atoms with E-state index in [0.29, 0.717) is 0 Å². The predicted octanol–water partition coefficient (Wildman–Crippen LogP) is 1.30. The number of rotatable bonds is 3. The van der Waals surface area contributed by atoms with Crippen molar-refractivity contribution in [1.82, 2.24) is 9.55 Å². The lowest BCUT2D eigenvalue weighted by atomic mass is 10.2. The lowest BCUT2D eigenvalue weighted by Gasteiger charge is -2.12. The van der Waals surface area contributed by atoms with Crippen molar-refractivity contribution in [3.8, 4) is 0 Å². The van der Waals surface area contributed by atoms with Crippen molar-refractivity contribution in [1.29, 1.82) is 0 Å². The molecule has 78 valence electrons. The smallest absolute Gasteiger partial charge is 0.241 e. The number of amides is 1. The lowest BCUT2D eigenvalue weighted by Crippen LogP contribution is -2.27. The van der Waals surface area contributed by atoms with E-state index in [1.807, 2.05) is 24.3 Å². The van der Waals surface area contributed by atoms with E-state index in [9.17, 15) is 4.79 Å². The molecule has 0 aliphatic heterocycles. The van der Waals surface area contributed by atoms with Gasteiger partial charge in [0.2, 0.25) is 5.91 Å². The Morgan fingerprint density at radius 3 is 2.93 bits per heavy atom. The van der Waals surface area contributed by atoms with Crippen LogP contribution in [0.1, 0.15) is 6.04 Å². The van der Waals surface area contributed by atoms with E-state index in [-0.39, 0.29) is 5.88 Å². The number of benzene rings is 1. The van der Waals surface area contributed by atoms with E-state index >= 15 is 0 Å². The van der Waals surface area contributed by atoms with E-state index < -0.39 is 11.9 Å². The third kappa shape index (κ3) is 1.68. The van der Waals surface area contributed by atoms with Gasteiger partial charge in [0, 0.05) is 0 Å². The first-order valence-corrected chi connectivity index (χ1v) is 5.04. The Labute approximate surface area is 91.7 Å². The van der Waals surface area contributed by atoms with Crippen molar-refractivity contribution in [2.45, 2.75) is 6.04 Å². The maximum Gasteiger partial charge on any atom is 0.241 e. The van der Waals surface area contributed by atoms with Crippen molar-refractivity contribution in [3.63, 3.8) is 0 Å². The number of fused-ring (bicyclic) bond motifs is 1. The molecule has 4 nitrogen and oxygen atoms in total. The predicted molar refractivity (Wildman–Crippen MR) is 58.7 cm³/mol. The molecule has 2 aromatic rings. The number of halogens is 1. The van der Waals surface area contributed by atoms with Gasteiger partial charge in [0.05, 0.1) is 23.2 Å². The zero-order valence-electron chi connectivity index (χ0n) is 7.93. The summed E-state index contributed by atoms with van der Waals surface area (Å²) in [5.41, 5.74) is 6.95. The molecule has 0 fully saturated rings. The van der Waals surface area contributed by atoms with Crippen LogP contribution in [-0.2, 0) is 4.79 Å². The zero-order chi connectivity index (χ0) is 10.8. The van der Waals surface area contributed by atoms with Gasteiger partial charge in [-0.1, -0.05) is 12.1 Å². The van der Waals surface area contributed by atoms with E-state index in [2.05, 4.69) is 4.98 Å². The van der Waals surface area contributed by atoms with Crippen molar-refractivity contribution < 1.29 is 4.79 Å². The minimum absolute atomic E-state index is 0.148. The zero-order valence-corrected chi connectivity index (χ0v) is 8.69. The number of nitrogens with two attached hydrogens (primary N) is 1. The van der Waals surface area contributed by atoms with E-state index in [0.717, 1.165) is 11.0 Å². The molecule has 0 saturated heterocycles. The van der Waals surface area contributed by atoms with Gasteiger partial charge in [0.15, 0.2) is 0 Å². The molecule has 0 radical (unpaired) electrons. The number of alkyl halides is 1. The summed E-state index contributed by atoms with van der Waals surface area (Å²) < 4.78 is 1.70. The number of aromatic nitrogens is 2. The fourth-order valence-corrected chi connectivity index (χ4v) is 1.81. The SMILES string of the molecule is NC(=O)C(CCl)n1cnc2ccccc21. The normalized spacial score (nSPS) is 12.9. The maximum absolute atomic E-state index is 11.2. The van der Waals surface area contributed by atoms with E-state index in [4.69, 9.17) is 17.3 Å². The molecule has 2 rings (SSSR count). The number of para-hydroxylation sites is 2. The van der Waals surface area contributed by atoms with Crippen LogP contribution in [0.2, 0.25) is 0 Å². The van der Waals surface area contributed by atoms with Crippen molar-refractivity contribution in [2.75, 3.05) is 5.88 Å². The number of primary amides is 1. The number of carbonyl (C=O) groups excluding carboxylic acids is 1. The second kappa shape index (κ2) is 3.90. The van der Waals surface area contributed by atoms with Crippen molar-refractivity contribution >= 4 is 28.5 Å². The first-order valence-electron chi connectivity index (χ1n) is 4.51. The van der Waals surface area contributed by atoms with Gasteiger partial charge in [-0.25, -0.2) is 4.98 Å². The summed E-state index contributed by atoms with van der Waals surface area (Å²) in [5.74, 6) is -0.302. The molecule has 15 heavy (non-hydrogen) atoms. The molecule has 0 aliphatic carbocycles. The molecule has 1 heterocycles. The number of imidazole rings is 1. The Bertz CT molecular complexity index is 494. The molecule has 0 aliphatic rings. The third-order valence-corrected chi connectivity index (χ3v) is 2.58. The molecule has 1 amide bonds. The summed E-state index contributed by atoms with van der Waals surface area (Å²) in [6.45, 7) is 0. The fourth-order valence-electron chi connectivity index (χ4n) is 1.51. The summed E-state index contributed by atoms with van der Waals surface area (Å²) in [6, 6.07) is 6.98. The molecule has 5 heteroatoms. The van der Waals surface area contributed by atoms with Gasteiger partial charge in [-0.3, -0.25) is 4.79 Å².